The quantitative estimate of drug-likeness (QED) is 0.871. The lowest BCUT2D eigenvalue weighted by Gasteiger charge is -2.08. The van der Waals surface area contributed by atoms with Gasteiger partial charge in [0, 0.05) is 6.07 Å². The molecule has 0 aromatic heterocycles. The molecule has 5 heteroatoms. The van der Waals surface area contributed by atoms with Crippen LogP contribution in [0.1, 0.15) is 10.4 Å². The monoisotopic (exact) mass is 278 g/mol. The lowest BCUT2D eigenvalue weighted by Crippen LogP contribution is -2.01. The summed E-state index contributed by atoms with van der Waals surface area (Å²) in [4.78, 5) is 11.4. The van der Waals surface area contributed by atoms with Gasteiger partial charge in [-0.05, 0) is 36.4 Å². The molecule has 1 N–H and O–H groups in total. The van der Waals surface area contributed by atoms with Crippen molar-refractivity contribution in [1.29, 1.82) is 0 Å². The van der Waals surface area contributed by atoms with Gasteiger partial charge in [0.25, 0.3) is 0 Å². The number of rotatable bonds is 3. The Morgan fingerprint density at radius 1 is 1.11 bits per heavy atom. The molecule has 0 unspecified atom stereocenters. The Morgan fingerprint density at radius 3 is 2.32 bits per heavy atom. The summed E-state index contributed by atoms with van der Waals surface area (Å²) in [6.07, 6.45) is 0. The van der Waals surface area contributed by atoms with Crippen molar-refractivity contribution in [1.82, 2.24) is 0 Å². The molecule has 0 atom stereocenters. The van der Waals surface area contributed by atoms with Crippen LogP contribution in [0.25, 0.3) is 0 Å². The molecular weight excluding hydrogens is 268 g/mol. The third-order valence-electron chi connectivity index (χ3n) is 2.42. The summed E-state index contributed by atoms with van der Waals surface area (Å²) in [6.45, 7) is 0. The fraction of sp³-hybridized carbons (Fsp3) is 0.0714. The minimum absolute atomic E-state index is 0.159. The predicted molar refractivity (Wildman–Crippen MR) is 71.0 cm³/mol. The Balaban J connectivity index is 2.20. The van der Waals surface area contributed by atoms with Crippen LogP contribution in [0.2, 0.25) is 5.02 Å². The molecule has 0 aliphatic heterocycles. The first-order valence-corrected chi connectivity index (χ1v) is 5.82. The van der Waals surface area contributed by atoms with E-state index in [1.807, 2.05) is 0 Å². The summed E-state index contributed by atoms with van der Waals surface area (Å²) < 4.78 is 10.1. The Labute approximate surface area is 115 Å². The van der Waals surface area contributed by atoms with Gasteiger partial charge in [-0.1, -0.05) is 11.6 Å². The Morgan fingerprint density at radius 2 is 1.74 bits per heavy atom. The molecule has 0 aliphatic rings. The summed E-state index contributed by atoms with van der Waals surface area (Å²) in [6, 6.07) is 10.9. The minimum Gasteiger partial charge on any atom is -0.508 e. The number of halogens is 1. The molecule has 0 bridgehead atoms. The maximum atomic E-state index is 11.4. The third-order valence-corrected chi connectivity index (χ3v) is 2.73. The Bertz CT molecular complexity index is 593. The summed E-state index contributed by atoms with van der Waals surface area (Å²) in [5, 5.41) is 9.42. The van der Waals surface area contributed by atoms with E-state index in [0.29, 0.717) is 11.5 Å². The summed E-state index contributed by atoms with van der Waals surface area (Å²) in [5.74, 6) is 0.704. The minimum atomic E-state index is -0.499. The van der Waals surface area contributed by atoms with Crippen LogP contribution in [0.15, 0.2) is 42.5 Å². The highest BCUT2D eigenvalue weighted by Gasteiger charge is 2.11. The van der Waals surface area contributed by atoms with Crippen LogP contribution in [-0.2, 0) is 4.74 Å². The van der Waals surface area contributed by atoms with E-state index < -0.39 is 5.97 Å². The van der Waals surface area contributed by atoms with Gasteiger partial charge in [-0.15, -0.1) is 0 Å². The highest BCUT2D eigenvalue weighted by atomic mass is 35.5. The molecule has 19 heavy (non-hydrogen) atoms. The van der Waals surface area contributed by atoms with E-state index in [1.165, 1.54) is 31.4 Å². The second kappa shape index (κ2) is 5.63. The molecule has 0 fully saturated rings. The number of ether oxygens (including phenoxy) is 2. The molecule has 0 heterocycles. The van der Waals surface area contributed by atoms with Crippen molar-refractivity contribution < 1.29 is 19.4 Å². The van der Waals surface area contributed by atoms with E-state index in [2.05, 4.69) is 4.74 Å². The number of esters is 1. The maximum Gasteiger partial charge on any atom is 0.339 e. The van der Waals surface area contributed by atoms with E-state index in [9.17, 15) is 4.79 Å². The number of aromatic hydroxyl groups is 1. The van der Waals surface area contributed by atoms with Crippen LogP contribution in [0.5, 0.6) is 17.2 Å². The lowest BCUT2D eigenvalue weighted by atomic mass is 10.2. The molecule has 2 aromatic carbocycles. The van der Waals surface area contributed by atoms with Crippen LogP contribution in [0, 0.1) is 0 Å². The van der Waals surface area contributed by atoms with E-state index in [-0.39, 0.29) is 16.3 Å². The average Bonchev–Trinajstić information content (AvgIpc) is 2.41. The molecule has 2 aromatic rings. The second-order valence-corrected chi connectivity index (χ2v) is 4.14. The number of methoxy groups -OCH3 is 1. The highest BCUT2D eigenvalue weighted by molar-refractivity contribution is 6.33. The van der Waals surface area contributed by atoms with E-state index in [1.54, 1.807) is 18.2 Å². The second-order valence-electron chi connectivity index (χ2n) is 3.73. The van der Waals surface area contributed by atoms with Gasteiger partial charge in [0.2, 0.25) is 0 Å². The standard InChI is InChI=1S/C14H11ClO4/c1-18-14(17)12-7-6-11(8-13(12)15)19-10-4-2-9(16)3-5-10/h2-8,16H,1H3. The van der Waals surface area contributed by atoms with E-state index in [4.69, 9.17) is 21.4 Å². The van der Waals surface area contributed by atoms with Crippen LogP contribution in [0.3, 0.4) is 0 Å². The number of hydrogen-bond acceptors (Lipinski definition) is 4. The zero-order valence-electron chi connectivity index (χ0n) is 10.1. The highest BCUT2D eigenvalue weighted by Crippen LogP contribution is 2.28. The zero-order valence-corrected chi connectivity index (χ0v) is 10.8. The number of hydrogen-bond donors (Lipinski definition) is 1. The van der Waals surface area contributed by atoms with Gasteiger partial charge in [0.05, 0.1) is 17.7 Å². The van der Waals surface area contributed by atoms with Gasteiger partial charge in [0.15, 0.2) is 0 Å². The van der Waals surface area contributed by atoms with Gasteiger partial charge in [0.1, 0.15) is 17.2 Å². The Kier molecular flexibility index (Phi) is 3.92. The molecule has 2 rings (SSSR count). The third kappa shape index (κ3) is 3.17. The number of carbonyl (C=O) groups is 1. The van der Waals surface area contributed by atoms with Gasteiger partial charge >= 0.3 is 5.97 Å². The Hall–Kier alpha value is -2.20. The van der Waals surface area contributed by atoms with Gasteiger partial charge < -0.3 is 14.6 Å². The largest absolute Gasteiger partial charge is 0.508 e. The van der Waals surface area contributed by atoms with Gasteiger partial charge in [-0.2, -0.15) is 0 Å². The molecule has 0 radical (unpaired) electrons. The van der Waals surface area contributed by atoms with Crippen molar-refractivity contribution in [2.24, 2.45) is 0 Å². The summed E-state index contributed by atoms with van der Waals surface area (Å²) in [7, 11) is 1.29. The zero-order chi connectivity index (χ0) is 13.8. The van der Waals surface area contributed by atoms with Crippen molar-refractivity contribution in [3.8, 4) is 17.2 Å². The van der Waals surface area contributed by atoms with E-state index >= 15 is 0 Å². The fourth-order valence-corrected chi connectivity index (χ4v) is 1.73. The molecule has 0 amide bonds. The predicted octanol–water partition coefficient (Wildman–Crippen LogP) is 3.62. The van der Waals surface area contributed by atoms with Gasteiger partial charge in [-0.3, -0.25) is 0 Å². The first kappa shape index (κ1) is 13.2. The van der Waals surface area contributed by atoms with Crippen LogP contribution < -0.4 is 4.74 Å². The maximum absolute atomic E-state index is 11.4. The van der Waals surface area contributed by atoms with Crippen LogP contribution in [0.4, 0.5) is 0 Å². The molecule has 98 valence electrons. The van der Waals surface area contributed by atoms with Crippen molar-refractivity contribution in [2.75, 3.05) is 7.11 Å². The smallest absolute Gasteiger partial charge is 0.339 e. The number of phenolic OH excluding ortho intramolecular Hbond substituents is 1. The number of phenols is 1. The molecule has 4 nitrogen and oxygen atoms in total. The molecule has 0 aliphatic carbocycles. The van der Waals surface area contributed by atoms with Crippen molar-refractivity contribution >= 4 is 17.6 Å². The summed E-state index contributed by atoms with van der Waals surface area (Å²) >= 11 is 5.97. The molecule has 0 spiro atoms. The van der Waals surface area contributed by atoms with E-state index in [0.717, 1.165) is 0 Å². The SMILES string of the molecule is COC(=O)c1ccc(Oc2ccc(O)cc2)cc1Cl. The first-order chi connectivity index (χ1) is 9.10. The number of carbonyl (C=O) groups excluding carboxylic acids is 1. The van der Waals surface area contributed by atoms with Gasteiger partial charge in [-0.25, -0.2) is 4.79 Å². The lowest BCUT2D eigenvalue weighted by molar-refractivity contribution is 0.0601. The first-order valence-electron chi connectivity index (χ1n) is 5.45. The summed E-state index contributed by atoms with van der Waals surface area (Å²) in [5.41, 5.74) is 0.280. The average molecular weight is 279 g/mol. The molecule has 0 saturated carbocycles. The fourth-order valence-electron chi connectivity index (χ4n) is 1.49. The molecular formula is C14H11ClO4. The topological polar surface area (TPSA) is 55.8 Å². The molecule has 0 saturated heterocycles. The van der Waals surface area contributed by atoms with Crippen molar-refractivity contribution in [3.05, 3.63) is 53.1 Å². The number of benzene rings is 2. The van der Waals surface area contributed by atoms with Crippen molar-refractivity contribution in [2.45, 2.75) is 0 Å². The van der Waals surface area contributed by atoms with Crippen molar-refractivity contribution in [3.63, 3.8) is 0 Å². The van der Waals surface area contributed by atoms with Crippen LogP contribution >= 0.6 is 11.6 Å². The normalized spacial score (nSPS) is 10.0. The van der Waals surface area contributed by atoms with Crippen LogP contribution in [-0.4, -0.2) is 18.2 Å².